The molecule has 108 valence electrons. The largest absolute Gasteiger partial charge is 0.306 e. The number of piperidine rings is 1. The maximum Gasteiger partial charge on any atom is 0.241 e. The Morgan fingerprint density at radius 2 is 1.85 bits per heavy atom. The number of hydrogen-bond acceptors (Lipinski definition) is 4. The summed E-state index contributed by atoms with van der Waals surface area (Å²) in [6.07, 6.45) is 0.958. The second kappa shape index (κ2) is 5.70. The van der Waals surface area contributed by atoms with Gasteiger partial charge in [-0.25, -0.2) is 8.42 Å². The smallest absolute Gasteiger partial charge is 0.241 e. The lowest BCUT2D eigenvalue weighted by Gasteiger charge is -2.35. The van der Waals surface area contributed by atoms with E-state index in [-0.39, 0.29) is 4.90 Å². The summed E-state index contributed by atoms with van der Waals surface area (Å²) in [5.41, 5.74) is -1.02. The molecule has 0 saturated carbocycles. The van der Waals surface area contributed by atoms with Crippen LogP contribution in [0.5, 0.6) is 0 Å². The molecule has 2 rings (SSSR count). The number of benzene rings is 1. The molecule has 5 nitrogen and oxygen atoms in total. The maximum atomic E-state index is 12.3. The number of halogens is 1. The normalized spacial score (nSPS) is 19.4. The Balaban J connectivity index is 2.23. The summed E-state index contributed by atoms with van der Waals surface area (Å²) in [6.45, 7) is 1.38. The summed E-state index contributed by atoms with van der Waals surface area (Å²) < 4.78 is 27.2. The summed E-state index contributed by atoms with van der Waals surface area (Å²) in [5.74, 6) is 0. The Morgan fingerprint density at radius 1 is 1.30 bits per heavy atom. The predicted molar refractivity (Wildman–Crippen MR) is 76.8 cm³/mol. The van der Waals surface area contributed by atoms with E-state index < -0.39 is 15.6 Å². The van der Waals surface area contributed by atoms with Crippen molar-refractivity contribution in [1.29, 1.82) is 5.26 Å². The highest BCUT2D eigenvalue weighted by Crippen LogP contribution is 2.24. The Morgan fingerprint density at radius 3 is 2.35 bits per heavy atom. The number of hydrogen-bond donors (Lipinski definition) is 1. The summed E-state index contributed by atoms with van der Waals surface area (Å²) in [4.78, 5) is 2.20. The van der Waals surface area contributed by atoms with Crippen LogP contribution in [-0.4, -0.2) is 39.0 Å². The van der Waals surface area contributed by atoms with Crippen LogP contribution in [0.15, 0.2) is 29.2 Å². The molecule has 0 aliphatic carbocycles. The highest BCUT2D eigenvalue weighted by Gasteiger charge is 2.38. The van der Waals surface area contributed by atoms with Crippen LogP contribution in [-0.2, 0) is 10.0 Å². The van der Waals surface area contributed by atoms with Gasteiger partial charge in [0.15, 0.2) is 0 Å². The lowest BCUT2D eigenvalue weighted by molar-refractivity contribution is 0.213. The molecule has 0 spiro atoms. The van der Waals surface area contributed by atoms with Crippen molar-refractivity contribution in [3.8, 4) is 6.07 Å². The lowest BCUT2D eigenvalue weighted by atomic mass is 9.91. The topological polar surface area (TPSA) is 73.2 Å². The molecule has 0 amide bonds. The second-order valence-electron chi connectivity index (χ2n) is 5.06. The standard InChI is InChI=1S/C13H16ClN3O2S/c1-17-8-6-13(10-15,7-9-17)16-20(18,19)12-4-2-11(14)3-5-12/h2-5,16H,6-9H2,1H3. The Hall–Kier alpha value is -1.13. The fourth-order valence-electron chi connectivity index (χ4n) is 2.17. The van der Waals surface area contributed by atoms with Crippen molar-refractivity contribution in [2.24, 2.45) is 0 Å². The molecule has 1 saturated heterocycles. The van der Waals surface area contributed by atoms with Crippen LogP contribution < -0.4 is 4.72 Å². The first kappa shape index (κ1) is 15.3. The number of sulfonamides is 1. The van der Waals surface area contributed by atoms with Crippen molar-refractivity contribution in [2.75, 3.05) is 20.1 Å². The molecule has 0 atom stereocenters. The zero-order valence-corrected chi connectivity index (χ0v) is 12.7. The van der Waals surface area contributed by atoms with Gasteiger partial charge in [0, 0.05) is 18.1 Å². The van der Waals surface area contributed by atoms with Crippen LogP contribution in [0.1, 0.15) is 12.8 Å². The Kier molecular flexibility index (Phi) is 4.35. The van der Waals surface area contributed by atoms with Gasteiger partial charge in [-0.05, 0) is 44.2 Å². The van der Waals surface area contributed by atoms with E-state index in [0.717, 1.165) is 0 Å². The minimum absolute atomic E-state index is 0.121. The Labute approximate surface area is 124 Å². The molecular formula is C13H16ClN3O2S. The van der Waals surface area contributed by atoms with E-state index in [2.05, 4.69) is 15.7 Å². The fourth-order valence-corrected chi connectivity index (χ4v) is 3.67. The van der Waals surface area contributed by atoms with Crippen molar-refractivity contribution in [3.63, 3.8) is 0 Å². The first-order valence-electron chi connectivity index (χ1n) is 6.26. The van der Waals surface area contributed by atoms with Crippen molar-refractivity contribution >= 4 is 21.6 Å². The summed E-state index contributed by atoms with van der Waals surface area (Å²) in [6, 6.07) is 8.04. The molecule has 1 N–H and O–H groups in total. The van der Waals surface area contributed by atoms with E-state index in [4.69, 9.17) is 11.6 Å². The number of rotatable bonds is 3. The van der Waals surface area contributed by atoms with E-state index in [1.165, 1.54) is 24.3 Å². The molecule has 0 radical (unpaired) electrons. The van der Waals surface area contributed by atoms with Gasteiger partial charge in [-0.1, -0.05) is 11.6 Å². The van der Waals surface area contributed by atoms with Crippen LogP contribution >= 0.6 is 11.6 Å². The van der Waals surface area contributed by atoms with Gasteiger partial charge in [0.05, 0.1) is 11.0 Å². The van der Waals surface area contributed by atoms with Gasteiger partial charge in [-0.2, -0.15) is 9.98 Å². The number of nitrogens with one attached hydrogen (secondary N) is 1. The molecular weight excluding hydrogens is 298 g/mol. The van der Waals surface area contributed by atoms with Crippen molar-refractivity contribution in [1.82, 2.24) is 9.62 Å². The number of nitriles is 1. The molecule has 1 aromatic rings. The minimum atomic E-state index is -3.71. The summed E-state index contributed by atoms with van der Waals surface area (Å²) in [7, 11) is -1.76. The van der Waals surface area contributed by atoms with Crippen LogP contribution in [0.4, 0.5) is 0 Å². The summed E-state index contributed by atoms with van der Waals surface area (Å²) >= 11 is 5.75. The molecule has 20 heavy (non-hydrogen) atoms. The Bertz CT molecular complexity index is 614. The number of likely N-dealkylation sites (tertiary alicyclic amines) is 1. The van der Waals surface area contributed by atoms with Gasteiger partial charge in [-0.3, -0.25) is 0 Å². The van der Waals surface area contributed by atoms with Crippen molar-refractivity contribution in [3.05, 3.63) is 29.3 Å². The zero-order valence-electron chi connectivity index (χ0n) is 11.1. The van der Waals surface area contributed by atoms with Crippen molar-refractivity contribution in [2.45, 2.75) is 23.3 Å². The molecule has 1 aromatic carbocycles. The molecule has 1 aliphatic rings. The zero-order chi connectivity index (χ0) is 14.8. The second-order valence-corrected chi connectivity index (χ2v) is 7.18. The van der Waals surface area contributed by atoms with E-state index in [1.807, 2.05) is 7.05 Å². The van der Waals surface area contributed by atoms with E-state index in [0.29, 0.717) is 31.0 Å². The molecule has 1 heterocycles. The first-order chi connectivity index (χ1) is 9.37. The van der Waals surface area contributed by atoms with Gasteiger partial charge in [0.2, 0.25) is 10.0 Å². The average molecular weight is 314 g/mol. The van der Waals surface area contributed by atoms with Crippen molar-refractivity contribution < 1.29 is 8.42 Å². The van der Waals surface area contributed by atoms with Crippen LogP contribution in [0.3, 0.4) is 0 Å². The van der Waals surface area contributed by atoms with Crippen LogP contribution in [0.25, 0.3) is 0 Å². The highest BCUT2D eigenvalue weighted by atomic mass is 35.5. The molecule has 0 bridgehead atoms. The molecule has 0 aromatic heterocycles. The maximum absolute atomic E-state index is 12.3. The van der Waals surface area contributed by atoms with Gasteiger partial charge in [-0.15, -0.1) is 0 Å². The van der Waals surface area contributed by atoms with Crippen LogP contribution in [0, 0.1) is 11.3 Å². The molecule has 0 unspecified atom stereocenters. The minimum Gasteiger partial charge on any atom is -0.306 e. The predicted octanol–water partition coefficient (Wildman–Crippen LogP) is 1.61. The van der Waals surface area contributed by atoms with Gasteiger partial charge < -0.3 is 4.90 Å². The third-order valence-electron chi connectivity index (χ3n) is 3.51. The summed E-state index contributed by atoms with van der Waals surface area (Å²) in [5, 5.41) is 9.84. The third-order valence-corrected chi connectivity index (χ3v) is 5.31. The van der Waals surface area contributed by atoms with E-state index in [1.54, 1.807) is 0 Å². The molecule has 1 aliphatic heterocycles. The first-order valence-corrected chi connectivity index (χ1v) is 8.12. The van der Waals surface area contributed by atoms with Gasteiger partial charge in [0.25, 0.3) is 0 Å². The number of nitrogens with zero attached hydrogens (tertiary/aromatic N) is 2. The quantitative estimate of drug-likeness (QED) is 0.920. The van der Waals surface area contributed by atoms with E-state index >= 15 is 0 Å². The average Bonchev–Trinajstić information content (AvgIpc) is 2.42. The van der Waals surface area contributed by atoms with Crippen LogP contribution in [0.2, 0.25) is 5.02 Å². The van der Waals surface area contributed by atoms with Gasteiger partial charge >= 0.3 is 0 Å². The van der Waals surface area contributed by atoms with Gasteiger partial charge in [0.1, 0.15) is 5.54 Å². The molecule has 1 fully saturated rings. The lowest BCUT2D eigenvalue weighted by Crippen LogP contribution is -2.53. The third kappa shape index (κ3) is 3.30. The van der Waals surface area contributed by atoms with E-state index in [9.17, 15) is 13.7 Å². The SMILES string of the molecule is CN1CCC(C#N)(NS(=O)(=O)c2ccc(Cl)cc2)CC1. The monoisotopic (exact) mass is 313 g/mol. The highest BCUT2D eigenvalue weighted by molar-refractivity contribution is 7.89. The fraction of sp³-hybridized carbons (Fsp3) is 0.462. The molecule has 7 heteroatoms.